The Morgan fingerprint density at radius 3 is 2.31 bits per heavy atom. The molecule has 0 fully saturated rings. The number of benzene rings is 1. The van der Waals surface area contributed by atoms with Crippen molar-refractivity contribution in [3.05, 3.63) is 32.8 Å². The molecular formula is C11H11IN2OS. The molecule has 3 nitrogen and oxygen atoms in total. The van der Waals surface area contributed by atoms with Gasteiger partial charge in [0.25, 0.3) is 0 Å². The van der Waals surface area contributed by atoms with Crippen molar-refractivity contribution in [2.75, 3.05) is 0 Å². The van der Waals surface area contributed by atoms with E-state index in [1.54, 1.807) is 13.8 Å². The maximum absolute atomic E-state index is 9.80. The molecule has 0 bridgehead atoms. The van der Waals surface area contributed by atoms with Crippen LogP contribution in [0, 0.1) is 3.57 Å². The van der Waals surface area contributed by atoms with Gasteiger partial charge < -0.3 is 5.11 Å². The molecule has 0 amide bonds. The fourth-order valence-electron chi connectivity index (χ4n) is 1.18. The van der Waals surface area contributed by atoms with Crippen LogP contribution in [0.2, 0.25) is 0 Å². The van der Waals surface area contributed by atoms with E-state index in [0.717, 1.165) is 10.6 Å². The van der Waals surface area contributed by atoms with Gasteiger partial charge >= 0.3 is 0 Å². The molecule has 1 N–H and O–H groups in total. The molecule has 0 aliphatic carbocycles. The monoisotopic (exact) mass is 346 g/mol. The molecule has 1 aromatic heterocycles. The number of nitrogens with zero attached hydrogens (tertiary/aromatic N) is 2. The Balaban J connectivity index is 2.35. The van der Waals surface area contributed by atoms with Crippen molar-refractivity contribution in [1.82, 2.24) is 10.2 Å². The molecule has 0 aliphatic heterocycles. The first kappa shape index (κ1) is 11.9. The van der Waals surface area contributed by atoms with Crippen molar-refractivity contribution in [3.63, 3.8) is 0 Å². The average molecular weight is 346 g/mol. The zero-order valence-electron chi connectivity index (χ0n) is 8.94. The lowest BCUT2D eigenvalue weighted by molar-refractivity contribution is 0.0775. The predicted octanol–water partition coefficient (Wildman–Crippen LogP) is 3.04. The minimum Gasteiger partial charge on any atom is -0.383 e. The third-order valence-corrected chi connectivity index (χ3v) is 4.04. The van der Waals surface area contributed by atoms with E-state index in [9.17, 15) is 5.11 Å². The first-order valence-corrected chi connectivity index (χ1v) is 6.68. The van der Waals surface area contributed by atoms with Crippen LogP contribution < -0.4 is 0 Å². The molecule has 84 valence electrons. The summed E-state index contributed by atoms with van der Waals surface area (Å²) in [5, 5.41) is 19.4. The van der Waals surface area contributed by atoms with Gasteiger partial charge in [-0.2, -0.15) is 0 Å². The van der Waals surface area contributed by atoms with Crippen LogP contribution in [0.5, 0.6) is 0 Å². The molecule has 0 spiro atoms. The molecule has 0 radical (unpaired) electrons. The summed E-state index contributed by atoms with van der Waals surface area (Å²) in [6.45, 7) is 3.43. The second-order valence-corrected chi connectivity index (χ2v) is 6.20. The summed E-state index contributed by atoms with van der Waals surface area (Å²) in [5.74, 6) is 0. The van der Waals surface area contributed by atoms with Gasteiger partial charge in [0.15, 0.2) is 0 Å². The Morgan fingerprint density at radius 1 is 1.19 bits per heavy atom. The zero-order valence-corrected chi connectivity index (χ0v) is 11.9. The number of rotatable bonds is 2. The Kier molecular flexibility index (Phi) is 3.27. The van der Waals surface area contributed by atoms with Crippen LogP contribution in [-0.2, 0) is 5.60 Å². The van der Waals surface area contributed by atoms with Gasteiger partial charge in [-0.05, 0) is 48.6 Å². The lowest BCUT2D eigenvalue weighted by atomic mass is 10.2. The number of hydrogen-bond acceptors (Lipinski definition) is 4. The standard InChI is InChI=1S/C11H11IN2OS/c1-11(2,15)10-14-13-9(16-10)7-3-5-8(12)6-4-7/h3-6,15H,1-2H3. The average Bonchev–Trinajstić information content (AvgIpc) is 2.67. The minimum absolute atomic E-state index is 0.640. The summed E-state index contributed by atoms with van der Waals surface area (Å²) in [6, 6.07) is 8.08. The molecule has 0 saturated heterocycles. The van der Waals surface area contributed by atoms with Crippen molar-refractivity contribution in [1.29, 1.82) is 0 Å². The zero-order chi connectivity index (χ0) is 11.8. The minimum atomic E-state index is -0.918. The molecule has 16 heavy (non-hydrogen) atoms. The lowest BCUT2D eigenvalue weighted by Crippen LogP contribution is -2.14. The van der Waals surface area contributed by atoms with E-state index < -0.39 is 5.60 Å². The van der Waals surface area contributed by atoms with E-state index in [-0.39, 0.29) is 0 Å². The SMILES string of the molecule is CC(C)(O)c1nnc(-c2ccc(I)cc2)s1. The van der Waals surface area contributed by atoms with Crippen LogP contribution in [-0.4, -0.2) is 15.3 Å². The maximum atomic E-state index is 9.80. The van der Waals surface area contributed by atoms with Gasteiger partial charge in [0.05, 0.1) is 0 Å². The normalized spacial score (nSPS) is 11.8. The molecule has 2 aromatic rings. The summed E-state index contributed by atoms with van der Waals surface area (Å²) in [5.41, 5.74) is 0.118. The summed E-state index contributed by atoms with van der Waals surface area (Å²) in [6.07, 6.45) is 0. The van der Waals surface area contributed by atoms with Gasteiger partial charge in [-0.3, -0.25) is 0 Å². The summed E-state index contributed by atoms with van der Waals surface area (Å²) in [4.78, 5) is 0. The Morgan fingerprint density at radius 2 is 1.81 bits per heavy atom. The fraction of sp³-hybridized carbons (Fsp3) is 0.273. The third kappa shape index (κ3) is 2.58. The molecule has 1 heterocycles. The fourth-order valence-corrected chi connectivity index (χ4v) is 2.39. The van der Waals surface area contributed by atoms with E-state index in [0.29, 0.717) is 5.01 Å². The van der Waals surface area contributed by atoms with Gasteiger partial charge in [-0.1, -0.05) is 23.5 Å². The molecule has 2 rings (SSSR count). The summed E-state index contributed by atoms with van der Waals surface area (Å²) < 4.78 is 1.19. The highest BCUT2D eigenvalue weighted by Crippen LogP contribution is 2.29. The molecule has 0 aliphatic rings. The highest BCUT2D eigenvalue weighted by Gasteiger charge is 2.21. The Hall–Kier alpha value is -0.530. The highest BCUT2D eigenvalue weighted by atomic mass is 127. The molecule has 5 heteroatoms. The maximum Gasteiger partial charge on any atom is 0.148 e. The van der Waals surface area contributed by atoms with E-state index in [1.165, 1.54) is 14.9 Å². The Labute approximate surface area is 112 Å². The third-order valence-electron chi connectivity index (χ3n) is 2.04. The summed E-state index contributed by atoms with van der Waals surface area (Å²) >= 11 is 3.69. The number of halogens is 1. The number of aliphatic hydroxyl groups is 1. The molecule has 1 aromatic carbocycles. The van der Waals surface area contributed by atoms with Crippen molar-refractivity contribution in [2.24, 2.45) is 0 Å². The van der Waals surface area contributed by atoms with Crippen molar-refractivity contribution in [3.8, 4) is 10.6 Å². The quantitative estimate of drug-likeness (QED) is 0.851. The topological polar surface area (TPSA) is 46.0 Å². The second kappa shape index (κ2) is 4.38. The van der Waals surface area contributed by atoms with E-state index in [4.69, 9.17) is 0 Å². The van der Waals surface area contributed by atoms with Gasteiger partial charge in [0.1, 0.15) is 15.6 Å². The first-order chi connectivity index (χ1) is 7.47. The molecule has 0 saturated carbocycles. The molecule has 0 atom stereocenters. The van der Waals surface area contributed by atoms with Gasteiger partial charge in [0.2, 0.25) is 0 Å². The van der Waals surface area contributed by atoms with Gasteiger partial charge in [-0.15, -0.1) is 10.2 Å². The number of aromatic nitrogens is 2. The largest absolute Gasteiger partial charge is 0.383 e. The van der Waals surface area contributed by atoms with Gasteiger partial charge in [-0.25, -0.2) is 0 Å². The van der Waals surface area contributed by atoms with E-state index in [2.05, 4.69) is 32.8 Å². The number of hydrogen-bond donors (Lipinski definition) is 1. The van der Waals surface area contributed by atoms with Crippen LogP contribution in [0.3, 0.4) is 0 Å². The summed E-state index contributed by atoms with van der Waals surface area (Å²) in [7, 11) is 0. The second-order valence-electron chi connectivity index (χ2n) is 3.98. The van der Waals surface area contributed by atoms with Gasteiger partial charge in [0, 0.05) is 9.13 Å². The van der Waals surface area contributed by atoms with E-state index in [1.807, 2.05) is 24.3 Å². The van der Waals surface area contributed by atoms with Crippen molar-refractivity contribution in [2.45, 2.75) is 19.4 Å². The lowest BCUT2D eigenvalue weighted by Gasteiger charge is -2.11. The predicted molar refractivity (Wildman–Crippen MR) is 73.3 cm³/mol. The van der Waals surface area contributed by atoms with Crippen molar-refractivity contribution >= 4 is 33.9 Å². The first-order valence-electron chi connectivity index (χ1n) is 4.79. The molecular weight excluding hydrogens is 335 g/mol. The van der Waals surface area contributed by atoms with Crippen LogP contribution in [0.15, 0.2) is 24.3 Å². The van der Waals surface area contributed by atoms with Crippen LogP contribution >= 0.6 is 33.9 Å². The van der Waals surface area contributed by atoms with Crippen LogP contribution in [0.1, 0.15) is 18.9 Å². The van der Waals surface area contributed by atoms with Crippen LogP contribution in [0.25, 0.3) is 10.6 Å². The smallest absolute Gasteiger partial charge is 0.148 e. The Bertz CT molecular complexity index is 487. The molecule has 0 unspecified atom stereocenters. The van der Waals surface area contributed by atoms with E-state index >= 15 is 0 Å². The van der Waals surface area contributed by atoms with Crippen molar-refractivity contribution < 1.29 is 5.11 Å². The highest BCUT2D eigenvalue weighted by molar-refractivity contribution is 14.1. The van der Waals surface area contributed by atoms with Crippen LogP contribution in [0.4, 0.5) is 0 Å².